The molecule has 3 rings (SSSR count). The molecule has 0 aromatic carbocycles. The van der Waals surface area contributed by atoms with E-state index in [0.717, 1.165) is 29.8 Å². The number of nitrogens with zero attached hydrogens (tertiary/aromatic N) is 2. The fourth-order valence-corrected chi connectivity index (χ4v) is 4.40. The summed E-state index contributed by atoms with van der Waals surface area (Å²) in [6.45, 7) is 5.71. The standard InChI is InChI=1S/C17H27N3S/c1-3-7-18-16(14-6-5-13(4-2)10-14)11-15-12-20-8-9-21-17(20)19-15/h8-9,12-14,16,18H,3-7,10-11H2,1-2H3. The van der Waals surface area contributed by atoms with Gasteiger partial charge in [-0.1, -0.05) is 26.7 Å². The highest BCUT2D eigenvalue weighted by atomic mass is 32.1. The van der Waals surface area contributed by atoms with E-state index < -0.39 is 0 Å². The average Bonchev–Trinajstić information content (AvgIpc) is 3.18. The molecule has 0 spiro atoms. The highest BCUT2D eigenvalue weighted by Gasteiger charge is 2.30. The Labute approximate surface area is 131 Å². The van der Waals surface area contributed by atoms with Gasteiger partial charge in [-0.2, -0.15) is 0 Å². The molecule has 1 saturated carbocycles. The van der Waals surface area contributed by atoms with Gasteiger partial charge in [0.05, 0.1) is 5.69 Å². The number of nitrogens with one attached hydrogen (secondary N) is 1. The lowest BCUT2D eigenvalue weighted by Gasteiger charge is -2.24. The number of aromatic nitrogens is 2. The second kappa shape index (κ2) is 6.93. The Balaban J connectivity index is 1.68. The zero-order valence-corrected chi connectivity index (χ0v) is 14.0. The van der Waals surface area contributed by atoms with Gasteiger partial charge in [-0.25, -0.2) is 4.98 Å². The fraction of sp³-hybridized carbons (Fsp3) is 0.706. The molecule has 4 heteroatoms. The van der Waals surface area contributed by atoms with E-state index in [4.69, 9.17) is 4.98 Å². The molecule has 2 heterocycles. The van der Waals surface area contributed by atoms with Crippen molar-refractivity contribution in [2.75, 3.05) is 6.54 Å². The van der Waals surface area contributed by atoms with Crippen molar-refractivity contribution in [1.29, 1.82) is 0 Å². The van der Waals surface area contributed by atoms with Crippen molar-refractivity contribution in [2.24, 2.45) is 11.8 Å². The molecule has 21 heavy (non-hydrogen) atoms. The second-order valence-corrected chi connectivity index (χ2v) is 7.31. The van der Waals surface area contributed by atoms with E-state index in [0.29, 0.717) is 6.04 Å². The van der Waals surface area contributed by atoms with Crippen molar-refractivity contribution in [3.05, 3.63) is 23.5 Å². The zero-order valence-electron chi connectivity index (χ0n) is 13.2. The smallest absolute Gasteiger partial charge is 0.193 e. The van der Waals surface area contributed by atoms with Crippen LogP contribution in [0.25, 0.3) is 4.96 Å². The summed E-state index contributed by atoms with van der Waals surface area (Å²) in [5, 5.41) is 5.89. The molecule has 0 aliphatic heterocycles. The number of hydrogen-bond acceptors (Lipinski definition) is 3. The van der Waals surface area contributed by atoms with Gasteiger partial charge in [0.1, 0.15) is 0 Å². The van der Waals surface area contributed by atoms with Crippen LogP contribution >= 0.6 is 11.3 Å². The summed E-state index contributed by atoms with van der Waals surface area (Å²) in [6.07, 6.45) is 12.2. The van der Waals surface area contributed by atoms with Crippen molar-refractivity contribution >= 4 is 16.3 Å². The third-order valence-corrected chi connectivity index (χ3v) is 5.73. The molecule has 2 aromatic rings. The molecular weight excluding hydrogens is 278 g/mol. The number of fused-ring (bicyclic) bond motifs is 1. The summed E-state index contributed by atoms with van der Waals surface area (Å²) in [5.74, 6) is 1.78. The molecule has 1 fully saturated rings. The molecule has 3 unspecified atom stereocenters. The first-order valence-corrected chi connectivity index (χ1v) is 9.32. The molecule has 1 N–H and O–H groups in total. The minimum atomic E-state index is 0.603. The van der Waals surface area contributed by atoms with Crippen LogP contribution in [0.3, 0.4) is 0 Å². The van der Waals surface area contributed by atoms with Crippen LogP contribution in [-0.2, 0) is 6.42 Å². The highest BCUT2D eigenvalue weighted by molar-refractivity contribution is 7.15. The second-order valence-electron chi connectivity index (χ2n) is 6.44. The predicted octanol–water partition coefficient (Wildman–Crippen LogP) is 4.13. The van der Waals surface area contributed by atoms with E-state index in [9.17, 15) is 0 Å². The Hall–Kier alpha value is -0.870. The van der Waals surface area contributed by atoms with Gasteiger partial charge in [0.2, 0.25) is 0 Å². The van der Waals surface area contributed by atoms with Gasteiger partial charge >= 0.3 is 0 Å². The van der Waals surface area contributed by atoms with Gasteiger partial charge < -0.3 is 5.32 Å². The molecule has 116 valence electrons. The predicted molar refractivity (Wildman–Crippen MR) is 90.0 cm³/mol. The highest BCUT2D eigenvalue weighted by Crippen LogP contribution is 2.35. The third kappa shape index (κ3) is 3.49. The van der Waals surface area contributed by atoms with E-state index in [2.05, 4.69) is 41.3 Å². The number of hydrogen-bond donors (Lipinski definition) is 1. The molecule has 0 amide bonds. The maximum absolute atomic E-state index is 4.77. The van der Waals surface area contributed by atoms with Gasteiger partial charge in [-0.3, -0.25) is 4.40 Å². The van der Waals surface area contributed by atoms with Crippen molar-refractivity contribution < 1.29 is 0 Å². The Kier molecular flexibility index (Phi) is 4.96. The number of thiazole rings is 1. The number of imidazole rings is 1. The largest absolute Gasteiger partial charge is 0.313 e. The molecule has 1 aliphatic rings. The molecule has 0 saturated heterocycles. The summed E-state index contributed by atoms with van der Waals surface area (Å²) >= 11 is 1.72. The summed E-state index contributed by atoms with van der Waals surface area (Å²) in [4.78, 5) is 5.89. The van der Waals surface area contributed by atoms with Crippen LogP contribution in [0.1, 0.15) is 51.6 Å². The Bertz CT molecular complexity index is 531. The minimum Gasteiger partial charge on any atom is -0.313 e. The van der Waals surface area contributed by atoms with Gasteiger partial charge in [0.25, 0.3) is 0 Å². The van der Waals surface area contributed by atoms with Crippen molar-refractivity contribution in [3.63, 3.8) is 0 Å². The third-order valence-electron chi connectivity index (χ3n) is 4.96. The maximum atomic E-state index is 4.77. The first-order chi connectivity index (χ1) is 10.3. The molecule has 2 aromatic heterocycles. The van der Waals surface area contributed by atoms with Gasteiger partial charge in [-0.15, -0.1) is 11.3 Å². The summed E-state index contributed by atoms with van der Waals surface area (Å²) in [7, 11) is 0. The molecule has 1 aliphatic carbocycles. The van der Waals surface area contributed by atoms with E-state index in [1.54, 1.807) is 11.3 Å². The van der Waals surface area contributed by atoms with Crippen LogP contribution in [0, 0.1) is 11.8 Å². The van der Waals surface area contributed by atoms with E-state index in [-0.39, 0.29) is 0 Å². The normalized spacial score (nSPS) is 23.9. The quantitative estimate of drug-likeness (QED) is 0.833. The van der Waals surface area contributed by atoms with Gasteiger partial charge in [0.15, 0.2) is 4.96 Å². The first-order valence-electron chi connectivity index (χ1n) is 8.44. The Morgan fingerprint density at radius 2 is 2.33 bits per heavy atom. The van der Waals surface area contributed by atoms with E-state index in [1.165, 1.54) is 37.8 Å². The monoisotopic (exact) mass is 305 g/mol. The van der Waals surface area contributed by atoms with Crippen LogP contribution in [0.5, 0.6) is 0 Å². The summed E-state index contributed by atoms with van der Waals surface area (Å²) in [5.41, 5.74) is 1.25. The van der Waals surface area contributed by atoms with Gasteiger partial charge in [0, 0.05) is 30.2 Å². The van der Waals surface area contributed by atoms with Crippen LogP contribution in [-0.4, -0.2) is 22.0 Å². The van der Waals surface area contributed by atoms with E-state index >= 15 is 0 Å². The maximum Gasteiger partial charge on any atom is 0.193 e. The fourth-order valence-electron chi connectivity index (χ4n) is 3.68. The van der Waals surface area contributed by atoms with Crippen LogP contribution in [0.4, 0.5) is 0 Å². The van der Waals surface area contributed by atoms with Crippen molar-refractivity contribution in [1.82, 2.24) is 14.7 Å². The first kappa shape index (κ1) is 15.0. The van der Waals surface area contributed by atoms with Crippen molar-refractivity contribution in [2.45, 2.75) is 58.4 Å². The topological polar surface area (TPSA) is 29.3 Å². The SMILES string of the molecule is CCCNC(Cc1cn2ccsc2n1)C1CCC(CC)C1. The lowest BCUT2D eigenvalue weighted by molar-refractivity contribution is 0.342. The molecule has 0 radical (unpaired) electrons. The lowest BCUT2D eigenvalue weighted by atomic mass is 9.92. The molecule has 3 atom stereocenters. The summed E-state index contributed by atoms with van der Waals surface area (Å²) < 4.78 is 2.15. The van der Waals surface area contributed by atoms with E-state index in [1.807, 2.05) is 0 Å². The van der Waals surface area contributed by atoms with Gasteiger partial charge in [-0.05, 0) is 37.6 Å². The zero-order chi connectivity index (χ0) is 14.7. The number of rotatable bonds is 7. The average molecular weight is 305 g/mol. The molecule has 3 nitrogen and oxygen atoms in total. The van der Waals surface area contributed by atoms with Crippen LogP contribution < -0.4 is 5.32 Å². The molecular formula is C17H27N3S. The van der Waals surface area contributed by atoms with Crippen LogP contribution in [0.15, 0.2) is 17.8 Å². The minimum absolute atomic E-state index is 0.603. The van der Waals surface area contributed by atoms with Crippen molar-refractivity contribution in [3.8, 4) is 0 Å². The summed E-state index contributed by atoms with van der Waals surface area (Å²) in [6, 6.07) is 0.603. The van der Waals surface area contributed by atoms with Crippen LogP contribution in [0.2, 0.25) is 0 Å². The lowest BCUT2D eigenvalue weighted by Crippen LogP contribution is -2.37. The molecule has 0 bridgehead atoms. The Morgan fingerprint density at radius 1 is 1.43 bits per heavy atom. The Morgan fingerprint density at radius 3 is 3.05 bits per heavy atom.